The molecule has 186 valence electrons. The van der Waals surface area contributed by atoms with Crippen LogP contribution >= 0.6 is 11.7 Å². The molecule has 1 aliphatic rings. The van der Waals surface area contributed by atoms with Crippen molar-refractivity contribution in [2.45, 2.75) is 36.6 Å². The smallest absolute Gasteiger partial charge is 0.243 e. The van der Waals surface area contributed by atoms with Gasteiger partial charge in [-0.25, -0.2) is 8.42 Å². The quantitative estimate of drug-likeness (QED) is 0.378. The van der Waals surface area contributed by atoms with Gasteiger partial charge in [-0.2, -0.15) is 13.5 Å². The van der Waals surface area contributed by atoms with Crippen molar-refractivity contribution in [2.75, 3.05) is 13.1 Å². The molecule has 0 spiro atoms. The van der Waals surface area contributed by atoms with Crippen molar-refractivity contribution in [3.63, 3.8) is 0 Å². The van der Waals surface area contributed by atoms with Crippen molar-refractivity contribution < 1.29 is 13.2 Å². The van der Waals surface area contributed by atoms with E-state index in [1.54, 1.807) is 12.1 Å². The molecular weight excluding hydrogens is 492 g/mol. The van der Waals surface area contributed by atoms with E-state index < -0.39 is 16.1 Å². The van der Waals surface area contributed by atoms with E-state index in [1.807, 2.05) is 41.3 Å². The van der Waals surface area contributed by atoms with Crippen molar-refractivity contribution in [3.8, 4) is 0 Å². The van der Waals surface area contributed by atoms with Gasteiger partial charge in [0.1, 0.15) is 22.0 Å². The Morgan fingerprint density at radius 2 is 1.58 bits per heavy atom. The van der Waals surface area contributed by atoms with E-state index >= 15 is 0 Å². The molecule has 1 aliphatic heterocycles. The first-order valence-corrected chi connectivity index (χ1v) is 14.3. The van der Waals surface area contributed by atoms with Crippen molar-refractivity contribution in [2.24, 2.45) is 5.92 Å². The number of hydrogen-bond donors (Lipinski definition) is 1. The number of rotatable bonds is 8. The van der Waals surface area contributed by atoms with Gasteiger partial charge in [-0.15, -0.1) is 0 Å². The first kappa shape index (κ1) is 24.5. The summed E-state index contributed by atoms with van der Waals surface area (Å²) in [5.41, 5.74) is 3.05. The standard InChI is InChI=1S/C27H28N4O3S2/c32-27(31-16-14-22(15-17-31)18-20-8-3-1-4-9-20)24(19-21-10-5-2-6-11-21)30-36(33,34)25-13-7-12-23-26(25)29-35-28-23/h1-13,22,24,30H,14-19H2. The predicted octanol–water partition coefficient (Wildman–Crippen LogP) is 4.06. The predicted molar refractivity (Wildman–Crippen MR) is 141 cm³/mol. The molecule has 2 heterocycles. The maximum atomic E-state index is 13.7. The van der Waals surface area contributed by atoms with Gasteiger partial charge >= 0.3 is 0 Å². The summed E-state index contributed by atoms with van der Waals surface area (Å²) < 4.78 is 37.9. The van der Waals surface area contributed by atoms with Crippen LogP contribution in [0.3, 0.4) is 0 Å². The monoisotopic (exact) mass is 520 g/mol. The molecule has 1 atom stereocenters. The van der Waals surface area contributed by atoms with E-state index in [9.17, 15) is 13.2 Å². The highest BCUT2D eigenvalue weighted by Gasteiger charge is 2.32. The largest absolute Gasteiger partial charge is 0.341 e. The van der Waals surface area contributed by atoms with E-state index in [4.69, 9.17) is 0 Å². The molecule has 0 bridgehead atoms. The first-order valence-electron chi connectivity index (χ1n) is 12.1. The Morgan fingerprint density at radius 3 is 2.28 bits per heavy atom. The Labute approximate surface area is 215 Å². The summed E-state index contributed by atoms with van der Waals surface area (Å²) in [7, 11) is -4.00. The van der Waals surface area contributed by atoms with Crippen LogP contribution in [0.1, 0.15) is 24.0 Å². The van der Waals surface area contributed by atoms with Crippen LogP contribution in [-0.2, 0) is 27.7 Å². The number of likely N-dealkylation sites (tertiary alicyclic amines) is 1. The minimum atomic E-state index is -4.00. The summed E-state index contributed by atoms with van der Waals surface area (Å²) in [4.78, 5) is 15.5. The van der Waals surface area contributed by atoms with Crippen LogP contribution in [0.15, 0.2) is 83.8 Å². The van der Waals surface area contributed by atoms with Gasteiger partial charge < -0.3 is 4.90 Å². The van der Waals surface area contributed by atoms with Crippen molar-refractivity contribution in [1.29, 1.82) is 0 Å². The number of carbonyl (C=O) groups excluding carboxylic acids is 1. The third-order valence-electron chi connectivity index (χ3n) is 6.71. The Hall–Kier alpha value is -3.14. The van der Waals surface area contributed by atoms with Gasteiger partial charge in [0.2, 0.25) is 15.9 Å². The fraction of sp³-hybridized carbons (Fsp3) is 0.296. The fourth-order valence-electron chi connectivity index (χ4n) is 4.80. The van der Waals surface area contributed by atoms with Crippen LogP contribution in [0.25, 0.3) is 11.0 Å². The van der Waals surface area contributed by atoms with E-state index in [-0.39, 0.29) is 17.2 Å². The van der Waals surface area contributed by atoms with E-state index in [0.717, 1.165) is 36.6 Å². The second kappa shape index (κ2) is 10.9. The number of benzene rings is 3. The molecule has 9 heteroatoms. The fourth-order valence-corrected chi connectivity index (χ4v) is 6.76. The second-order valence-electron chi connectivity index (χ2n) is 9.21. The molecular formula is C27H28N4O3S2. The van der Waals surface area contributed by atoms with Crippen molar-refractivity contribution in [1.82, 2.24) is 18.4 Å². The molecule has 1 N–H and O–H groups in total. The molecule has 0 radical (unpaired) electrons. The molecule has 4 aromatic rings. The zero-order chi connectivity index (χ0) is 25.0. The van der Waals surface area contributed by atoms with Crippen molar-refractivity contribution >= 4 is 38.7 Å². The van der Waals surface area contributed by atoms with Gasteiger partial charge in [0, 0.05) is 13.1 Å². The molecule has 1 amide bonds. The molecule has 3 aromatic carbocycles. The molecule has 1 aromatic heterocycles. The summed E-state index contributed by atoms with van der Waals surface area (Å²) in [5, 5.41) is 0. The molecule has 36 heavy (non-hydrogen) atoms. The number of amides is 1. The number of hydrogen-bond acceptors (Lipinski definition) is 6. The molecule has 7 nitrogen and oxygen atoms in total. The van der Waals surface area contributed by atoms with Crippen LogP contribution in [-0.4, -0.2) is 47.1 Å². The van der Waals surface area contributed by atoms with Crippen LogP contribution in [0.5, 0.6) is 0 Å². The third-order valence-corrected chi connectivity index (χ3v) is 8.76. The number of aromatic nitrogens is 2. The zero-order valence-electron chi connectivity index (χ0n) is 19.8. The highest BCUT2D eigenvalue weighted by Crippen LogP contribution is 2.24. The second-order valence-corrected chi connectivity index (χ2v) is 11.4. The van der Waals surface area contributed by atoms with Gasteiger partial charge in [0.25, 0.3) is 0 Å². The maximum Gasteiger partial charge on any atom is 0.243 e. The summed E-state index contributed by atoms with van der Waals surface area (Å²) in [6, 6.07) is 23.9. The van der Waals surface area contributed by atoms with E-state index in [2.05, 4.69) is 37.7 Å². The first-order chi connectivity index (χ1) is 17.5. The number of nitrogens with one attached hydrogen (secondary N) is 1. The Kier molecular flexibility index (Phi) is 7.41. The summed E-state index contributed by atoms with van der Waals surface area (Å²) in [5.74, 6) is 0.319. The van der Waals surface area contributed by atoms with Crippen LogP contribution < -0.4 is 4.72 Å². The zero-order valence-corrected chi connectivity index (χ0v) is 21.4. The average molecular weight is 521 g/mol. The van der Waals surface area contributed by atoms with Crippen LogP contribution in [0.4, 0.5) is 0 Å². The normalized spacial score (nSPS) is 15.7. The minimum absolute atomic E-state index is 0.0428. The molecule has 1 unspecified atom stereocenters. The lowest BCUT2D eigenvalue weighted by Crippen LogP contribution is -2.51. The number of carbonyl (C=O) groups is 1. The van der Waals surface area contributed by atoms with E-state index in [1.165, 1.54) is 11.6 Å². The lowest BCUT2D eigenvalue weighted by molar-refractivity contribution is -0.134. The Morgan fingerprint density at radius 1 is 0.917 bits per heavy atom. The maximum absolute atomic E-state index is 13.7. The van der Waals surface area contributed by atoms with Gasteiger partial charge in [0.15, 0.2) is 0 Å². The number of nitrogens with zero attached hydrogens (tertiary/aromatic N) is 3. The summed E-state index contributed by atoms with van der Waals surface area (Å²) in [6.07, 6.45) is 3.06. The van der Waals surface area contributed by atoms with Gasteiger partial charge in [-0.1, -0.05) is 66.7 Å². The summed E-state index contributed by atoms with van der Waals surface area (Å²) in [6.45, 7) is 1.24. The Balaban J connectivity index is 1.33. The lowest BCUT2D eigenvalue weighted by atomic mass is 9.90. The van der Waals surface area contributed by atoms with Gasteiger partial charge in [0.05, 0.1) is 11.7 Å². The highest BCUT2D eigenvalue weighted by molar-refractivity contribution is 7.89. The third kappa shape index (κ3) is 5.64. The van der Waals surface area contributed by atoms with Crippen LogP contribution in [0.2, 0.25) is 0 Å². The van der Waals surface area contributed by atoms with Crippen LogP contribution in [0, 0.1) is 5.92 Å². The molecule has 0 saturated carbocycles. The number of sulfonamides is 1. The Bertz CT molecular complexity index is 1420. The molecule has 1 fully saturated rings. The minimum Gasteiger partial charge on any atom is -0.341 e. The van der Waals surface area contributed by atoms with E-state index in [0.29, 0.717) is 30.0 Å². The number of fused-ring (bicyclic) bond motifs is 1. The summed E-state index contributed by atoms with van der Waals surface area (Å²) >= 11 is 0.967. The highest BCUT2D eigenvalue weighted by atomic mass is 32.2. The van der Waals surface area contributed by atoms with Crippen molar-refractivity contribution in [3.05, 3.63) is 90.0 Å². The lowest BCUT2D eigenvalue weighted by Gasteiger charge is -2.34. The average Bonchev–Trinajstić information content (AvgIpc) is 3.38. The topological polar surface area (TPSA) is 92.3 Å². The SMILES string of the molecule is O=C(C(Cc1ccccc1)NS(=O)(=O)c1cccc2nsnc12)N1CCC(Cc2ccccc2)CC1. The molecule has 1 saturated heterocycles. The molecule has 0 aliphatic carbocycles. The van der Waals surface area contributed by atoms with Gasteiger partial charge in [-0.3, -0.25) is 4.79 Å². The van der Waals surface area contributed by atoms with Gasteiger partial charge in [-0.05, 0) is 54.9 Å². The number of piperidine rings is 1. The molecule has 5 rings (SSSR count).